The first kappa shape index (κ1) is 13.9. The summed E-state index contributed by atoms with van der Waals surface area (Å²) in [6, 6.07) is 17.1. The lowest BCUT2D eigenvalue weighted by atomic mass is 9.98. The molecule has 20 heavy (non-hydrogen) atoms. The highest BCUT2D eigenvalue weighted by Gasteiger charge is 2.14. The molecule has 104 valence electrons. The van der Waals surface area contributed by atoms with Crippen molar-refractivity contribution in [1.29, 1.82) is 0 Å². The van der Waals surface area contributed by atoms with Crippen LogP contribution >= 0.6 is 22.6 Å². The predicted molar refractivity (Wildman–Crippen MR) is 92.1 cm³/mol. The molecule has 3 rings (SSSR count). The quantitative estimate of drug-likeness (QED) is 0.626. The Labute approximate surface area is 134 Å². The van der Waals surface area contributed by atoms with Gasteiger partial charge in [0, 0.05) is 3.57 Å². The van der Waals surface area contributed by atoms with Gasteiger partial charge in [-0.25, -0.2) is 0 Å². The predicted octanol–water partition coefficient (Wildman–Crippen LogP) is 5.67. The monoisotopic (exact) mass is 378 g/mol. The normalized spacial score (nSPS) is 16.1. The zero-order valence-electron chi connectivity index (χ0n) is 11.5. The van der Waals surface area contributed by atoms with Crippen LogP contribution in [0, 0.1) is 3.57 Å². The van der Waals surface area contributed by atoms with Crippen molar-refractivity contribution >= 4 is 22.6 Å². The fourth-order valence-electron chi connectivity index (χ4n) is 2.74. The van der Waals surface area contributed by atoms with Gasteiger partial charge in [0.25, 0.3) is 0 Å². The lowest BCUT2D eigenvalue weighted by molar-refractivity contribution is 0.155. The molecule has 0 aromatic heterocycles. The van der Waals surface area contributed by atoms with E-state index in [-0.39, 0.29) is 0 Å². The van der Waals surface area contributed by atoms with Crippen LogP contribution in [0.4, 0.5) is 0 Å². The van der Waals surface area contributed by atoms with Crippen molar-refractivity contribution in [2.45, 2.75) is 38.2 Å². The first-order valence-electron chi connectivity index (χ1n) is 7.34. The number of hydrogen-bond acceptors (Lipinski definition) is 1. The van der Waals surface area contributed by atoms with Crippen LogP contribution < -0.4 is 4.74 Å². The van der Waals surface area contributed by atoms with E-state index in [2.05, 4.69) is 71.1 Å². The van der Waals surface area contributed by atoms with E-state index in [4.69, 9.17) is 4.74 Å². The lowest BCUT2D eigenvalue weighted by Gasteiger charge is -2.23. The summed E-state index contributed by atoms with van der Waals surface area (Å²) in [7, 11) is 0. The van der Waals surface area contributed by atoms with Crippen molar-refractivity contribution in [2.24, 2.45) is 0 Å². The molecule has 0 amide bonds. The van der Waals surface area contributed by atoms with Gasteiger partial charge in [-0.15, -0.1) is 0 Å². The van der Waals surface area contributed by atoms with Crippen LogP contribution in [-0.4, -0.2) is 6.10 Å². The molecule has 0 heterocycles. The SMILES string of the molecule is Ic1ccc(-c2ccc(OC3CCCCC3)cc2)cc1. The molecule has 1 aliphatic rings. The van der Waals surface area contributed by atoms with Gasteiger partial charge in [-0.2, -0.15) is 0 Å². The van der Waals surface area contributed by atoms with E-state index in [9.17, 15) is 0 Å². The van der Waals surface area contributed by atoms with Gasteiger partial charge in [-0.1, -0.05) is 30.7 Å². The third-order valence-corrected chi connectivity index (χ3v) is 4.61. The molecule has 0 aliphatic heterocycles. The molecule has 0 radical (unpaired) electrons. The largest absolute Gasteiger partial charge is 0.490 e. The summed E-state index contributed by atoms with van der Waals surface area (Å²) in [5, 5.41) is 0. The Kier molecular flexibility index (Phi) is 4.61. The summed E-state index contributed by atoms with van der Waals surface area (Å²) >= 11 is 2.33. The Balaban J connectivity index is 1.69. The summed E-state index contributed by atoms with van der Waals surface area (Å²) in [5.41, 5.74) is 2.51. The minimum atomic E-state index is 0.424. The van der Waals surface area contributed by atoms with Crippen LogP contribution in [0.25, 0.3) is 11.1 Å². The minimum absolute atomic E-state index is 0.424. The fraction of sp³-hybridized carbons (Fsp3) is 0.333. The maximum Gasteiger partial charge on any atom is 0.119 e. The van der Waals surface area contributed by atoms with Gasteiger partial charge in [0.15, 0.2) is 0 Å². The van der Waals surface area contributed by atoms with Crippen LogP contribution in [0.15, 0.2) is 48.5 Å². The molecule has 1 nitrogen and oxygen atoms in total. The van der Waals surface area contributed by atoms with Crippen molar-refractivity contribution in [3.63, 3.8) is 0 Å². The molecular weight excluding hydrogens is 359 g/mol. The van der Waals surface area contributed by atoms with E-state index in [1.165, 1.54) is 46.8 Å². The molecule has 2 aromatic rings. The van der Waals surface area contributed by atoms with Crippen LogP contribution in [-0.2, 0) is 0 Å². The van der Waals surface area contributed by atoms with Crippen LogP contribution in [0.3, 0.4) is 0 Å². The van der Waals surface area contributed by atoms with Gasteiger partial charge >= 0.3 is 0 Å². The third-order valence-electron chi connectivity index (χ3n) is 3.89. The Morgan fingerprint density at radius 2 is 1.30 bits per heavy atom. The fourth-order valence-corrected chi connectivity index (χ4v) is 3.10. The highest BCUT2D eigenvalue weighted by Crippen LogP contribution is 2.26. The number of ether oxygens (including phenoxy) is 1. The molecule has 1 saturated carbocycles. The standard InChI is InChI=1S/C18H19IO/c19-16-10-6-14(7-11-16)15-8-12-18(13-9-15)20-17-4-2-1-3-5-17/h6-13,17H,1-5H2. The second kappa shape index (κ2) is 6.61. The maximum absolute atomic E-state index is 6.06. The van der Waals surface area contributed by atoms with Gasteiger partial charge in [0.1, 0.15) is 5.75 Å². The van der Waals surface area contributed by atoms with Gasteiger partial charge in [0.2, 0.25) is 0 Å². The van der Waals surface area contributed by atoms with Crippen molar-refractivity contribution in [3.8, 4) is 16.9 Å². The van der Waals surface area contributed by atoms with Crippen LogP contribution in [0.1, 0.15) is 32.1 Å². The Morgan fingerprint density at radius 1 is 0.750 bits per heavy atom. The average molecular weight is 378 g/mol. The Bertz CT molecular complexity index is 539. The molecule has 0 bridgehead atoms. The second-order valence-corrected chi connectivity index (χ2v) is 6.65. The molecule has 0 atom stereocenters. The van der Waals surface area contributed by atoms with Gasteiger partial charge < -0.3 is 4.74 Å². The lowest BCUT2D eigenvalue weighted by Crippen LogP contribution is -2.19. The van der Waals surface area contributed by atoms with Crippen molar-refractivity contribution in [3.05, 3.63) is 52.1 Å². The molecule has 1 aliphatic carbocycles. The number of benzene rings is 2. The Morgan fingerprint density at radius 3 is 1.90 bits per heavy atom. The van der Waals surface area contributed by atoms with Gasteiger partial charge in [-0.3, -0.25) is 0 Å². The van der Waals surface area contributed by atoms with Crippen molar-refractivity contribution < 1.29 is 4.74 Å². The molecule has 0 spiro atoms. The minimum Gasteiger partial charge on any atom is -0.490 e. The average Bonchev–Trinajstić information content (AvgIpc) is 2.50. The first-order chi connectivity index (χ1) is 9.81. The van der Waals surface area contributed by atoms with E-state index in [0.29, 0.717) is 6.10 Å². The van der Waals surface area contributed by atoms with E-state index in [1.54, 1.807) is 0 Å². The number of rotatable bonds is 3. The smallest absolute Gasteiger partial charge is 0.119 e. The van der Waals surface area contributed by atoms with Crippen molar-refractivity contribution in [1.82, 2.24) is 0 Å². The topological polar surface area (TPSA) is 9.23 Å². The van der Waals surface area contributed by atoms with Gasteiger partial charge in [-0.05, 0) is 83.7 Å². The molecular formula is C18H19IO. The van der Waals surface area contributed by atoms with E-state index < -0.39 is 0 Å². The Hall–Kier alpha value is -1.03. The van der Waals surface area contributed by atoms with Gasteiger partial charge in [0.05, 0.1) is 6.10 Å². The summed E-state index contributed by atoms with van der Waals surface area (Å²) in [5.74, 6) is 1.01. The van der Waals surface area contributed by atoms with E-state index in [1.807, 2.05) is 0 Å². The molecule has 2 aromatic carbocycles. The molecule has 0 unspecified atom stereocenters. The third kappa shape index (κ3) is 3.54. The van der Waals surface area contributed by atoms with E-state index in [0.717, 1.165) is 5.75 Å². The summed E-state index contributed by atoms with van der Waals surface area (Å²) in [6.07, 6.45) is 6.83. The highest BCUT2D eigenvalue weighted by molar-refractivity contribution is 14.1. The first-order valence-corrected chi connectivity index (χ1v) is 8.42. The number of hydrogen-bond donors (Lipinski definition) is 0. The number of halogens is 1. The molecule has 0 saturated heterocycles. The van der Waals surface area contributed by atoms with Crippen LogP contribution in [0.2, 0.25) is 0 Å². The zero-order valence-corrected chi connectivity index (χ0v) is 13.7. The van der Waals surface area contributed by atoms with E-state index >= 15 is 0 Å². The molecule has 2 heteroatoms. The highest BCUT2D eigenvalue weighted by atomic mass is 127. The van der Waals surface area contributed by atoms with Crippen molar-refractivity contribution in [2.75, 3.05) is 0 Å². The van der Waals surface area contributed by atoms with Crippen LogP contribution in [0.5, 0.6) is 5.75 Å². The summed E-state index contributed by atoms with van der Waals surface area (Å²) in [6.45, 7) is 0. The zero-order chi connectivity index (χ0) is 13.8. The maximum atomic E-state index is 6.06. The summed E-state index contributed by atoms with van der Waals surface area (Å²) < 4.78 is 7.33. The summed E-state index contributed by atoms with van der Waals surface area (Å²) in [4.78, 5) is 0. The second-order valence-electron chi connectivity index (χ2n) is 5.41. The molecule has 0 N–H and O–H groups in total. The molecule has 1 fully saturated rings.